The summed E-state index contributed by atoms with van der Waals surface area (Å²) in [5.41, 5.74) is 2.26. The second kappa shape index (κ2) is 11.2. The van der Waals surface area contributed by atoms with Crippen molar-refractivity contribution in [3.63, 3.8) is 0 Å². The van der Waals surface area contributed by atoms with Gasteiger partial charge in [-0.25, -0.2) is 14.2 Å². The summed E-state index contributed by atoms with van der Waals surface area (Å²) in [5.74, 6) is -0.903. The van der Waals surface area contributed by atoms with Crippen LogP contribution in [-0.2, 0) is 13.0 Å². The number of benzene rings is 2. The van der Waals surface area contributed by atoms with E-state index in [-0.39, 0.29) is 47.7 Å². The van der Waals surface area contributed by atoms with Crippen molar-refractivity contribution in [2.45, 2.75) is 19.4 Å². The van der Waals surface area contributed by atoms with Gasteiger partial charge < -0.3 is 14.5 Å². The molecule has 0 aliphatic carbocycles. The average molecular weight is 544 g/mol. The Morgan fingerprint density at radius 1 is 1.02 bits per heavy atom. The van der Waals surface area contributed by atoms with Gasteiger partial charge in [0.1, 0.15) is 12.4 Å². The molecule has 206 valence electrons. The molecule has 0 N–H and O–H groups in total. The van der Waals surface area contributed by atoms with E-state index >= 15 is 0 Å². The normalized spacial score (nSPS) is 13.2. The summed E-state index contributed by atoms with van der Waals surface area (Å²) >= 11 is 0. The molecule has 4 aromatic rings. The number of carbonyl (C=O) groups is 2. The molecule has 2 aromatic heterocycles. The van der Waals surface area contributed by atoms with Crippen LogP contribution < -0.4 is 20.1 Å². The second-order valence-corrected chi connectivity index (χ2v) is 9.95. The number of Topliss-reactive ketones (excluding diaryl/α,β-unsaturated/α-hetero) is 1. The number of aromatic nitrogens is 2. The molecule has 3 heterocycles. The Balaban J connectivity index is 1.63. The Morgan fingerprint density at radius 3 is 2.40 bits per heavy atom. The highest BCUT2D eigenvalue weighted by molar-refractivity contribution is 6.00. The van der Waals surface area contributed by atoms with Gasteiger partial charge in [-0.1, -0.05) is 42.5 Å². The van der Waals surface area contributed by atoms with Crippen LogP contribution in [0.4, 0.5) is 20.6 Å². The van der Waals surface area contributed by atoms with Crippen LogP contribution in [0.25, 0.3) is 5.65 Å². The van der Waals surface area contributed by atoms with Gasteiger partial charge in [-0.15, -0.1) is 0 Å². The number of amides is 2. The fraction of sp³-hybridized carbons (Fsp3) is 0.267. The first kappa shape index (κ1) is 26.9. The molecule has 0 saturated carbocycles. The van der Waals surface area contributed by atoms with Crippen molar-refractivity contribution in [2.24, 2.45) is 0 Å². The van der Waals surface area contributed by atoms with Crippen LogP contribution in [0.2, 0.25) is 0 Å². The Bertz CT molecular complexity index is 1620. The number of anilines is 2. The molecule has 1 fully saturated rings. The topological polar surface area (TPSA) is 87.5 Å². The lowest BCUT2D eigenvalue weighted by atomic mass is 10.1. The van der Waals surface area contributed by atoms with Gasteiger partial charge in [0.15, 0.2) is 17.1 Å². The molecule has 1 aliphatic rings. The maximum absolute atomic E-state index is 13.9. The summed E-state index contributed by atoms with van der Waals surface area (Å²) < 4.78 is 20.7. The minimum Gasteiger partial charge on any atom is -0.481 e. The second-order valence-electron chi connectivity index (χ2n) is 9.95. The van der Waals surface area contributed by atoms with Crippen LogP contribution >= 0.6 is 0 Å². The van der Waals surface area contributed by atoms with Crippen molar-refractivity contribution in [1.82, 2.24) is 14.3 Å². The third-order valence-electron chi connectivity index (χ3n) is 6.92. The summed E-state index contributed by atoms with van der Waals surface area (Å²) in [5, 5.41) is 0. The first-order chi connectivity index (χ1) is 19.2. The number of likely N-dealkylation sites (N-methyl/N-ethyl adjacent to an activating group) is 1. The molecular formula is C30H30FN5O4. The van der Waals surface area contributed by atoms with Crippen LogP contribution in [0.1, 0.15) is 28.0 Å². The van der Waals surface area contributed by atoms with Crippen LogP contribution in [0.5, 0.6) is 5.75 Å². The molecule has 0 unspecified atom stereocenters. The largest absolute Gasteiger partial charge is 0.481 e. The van der Waals surface area contributed by atoms with Gasteiger partial charge >= 0.3 is 11.6 Å². The highest BCUT2D eigenvalue weighted by Crippen LogP contribution is 2.30. The monoisotopic (exact) mass is 543 g/mol. The fourth-order valence-electron chi connectivity index (χ4n) is 4.58. The average Bonchev–Trinajstić information content (AvgIpc) is 3.29. The van der Waals surface area contributed by atoms with Crippen LogP contribution in [-0.4, -0.2) is 60.3 Å². The van der Waals surface area contributed by atoms with E-state index in [9.17, 15) is 18.8 Å². The number of ether oxygens (including phenoxy) is 1. The number of carbonyl (C=O) groups excluding carboxylic acids is 2. The number of hydrogen-bond acceptors (Lipinski definition) is 6. The third-order valence-corrected chi connectivity index (χ3v) is 6.92. The van der Waals surface area contributed by atoms with Gasteiger partial charge in [-0.05, 0) is 35.7 Å². The first-order valence-corrected chi connectivity index (χ1v) is 13.0. The van der Waals surface area contributed by atoms with E-state index in [1.54, 1.807) is 41.2 Å². The molecule has 40 heavy (non-hydrogen) atoms. The van der Waals surface area contributed by atoms with Crippen LogP contribution in [0.3, 0.4) is 0 Å². The lowest BCUT2D eigenvalue weighted by Gasteiger charge is -2.22. The Hall–Kier alpha value is -4.73. The predicted molar refractivity (Wildman–Crippen MR) is 151 cm³/mol. The Morgan fingerprint density at radius 2 is 1.75 bits per heavy atom. The van der Waals surface area contributed by atoms with E-state index in [0.29, 0.717) is 30.9 Å². The highest BCUT2D eigenvalue weighted by Gasteiger charge is 2.31. The number of nitrogens with zero attached hydrogens (tertiary/aromatic N) is 5. The molecule has 0 bridgehead atoms. The van der Waals surface area contributed by atoms with Crippen molar-refractivity contribution in [3.05, 3.63) is 99.9 Å². The molecule has 2 amide bonds. The standard InChI is InChI=1S/C30H30FN5O4/c1-33(2)23-17-24(35-16-15-34(3)30(35)39)28-32-26(25(37)14-11-20-9-12-22(31)13-10-20)27(29(38)36(28)18-23)40-19-21-7-5-4-6-8-21/h4-10,12-13,17-18H,11,14-16,19H2,1-3H3. The Kier molecular flexibility index (Phi) is 7.50. The zero-order chi connectivity index (χ0) is 28.4. The summed E-state index contributed by atoms with van der Waals surface area (Å²) in [6.07, 6.45) is 1.99. The molecule has 0 spiro atoms. The summed E-state index contributed by atoms with van der Waals surface area (Å²) in [6.45, 7) is 0.999. The summed E-state index contributed by atoms with van der Waals surface area (Å²) in [7, 11) is 5.38. The van der Waals surface area contributed by atoms with Crippen LogP contribution in [0, 0.1) is 5.82 Å². The zero-order valence-electron chi connectivity index (χ0n) is 22.6. The highest BCUT2D eigenvalue weighted by atomic mass is 19.1. The van der Waals surface area contributed by atoms with Crippen molar-refractivity contribution in [2.75, 3.05) is 44.0 Å². The number of rotatable bonds is 9. The van der Waals surface area contributed by atoms with Gasteiger partial charge in [0, 0.05) is 46.9 Å². The SMILES string of the molecule is CN1CCN(c2cc(N(C)C)cn3c(=O)c(OCc4ccccc4)c(C(=O)CCc4ccc(F)cc4)nc23)C1=O. The summed E-state index contributed by atoms with van der Waals surface area (Å²) in [6, 6.07) is 16.8. The number of hydrogen-bond donors (Lipinski definition) is 0. The minimum atomic E-state index is -0.545. The van der Waals surface area contributed by atoms with Crippen molar-refractivity contribution >= 4 is 28.8 Å². The molecule has 10 heteroatoms. The van der Waals surface area contributed by atoms with E-state index in [0.717, 1.165) is 11.1 Å². The van der Waals surface area contributed by atoms with E-state index < -0.39 is 5.56 Å². The van der Waals surface area contributed by atoms with Gasteiger partial charge in [0.05, 0.1) is 11.4 Å². The first-order valence-electron chi connectivity index (χ1n) is 13.0. The van der Waals surface area contributed by atoms with Gasteiger partial charge in [-0.2, -0.15) is 0 Å². The van der Waals surface area contributed by atoms with Crippen LogP contribution in [0.15, 0.2) is 71.7 Å². The maximum atomic E-state index is 13.9. The number of aryl methyl sites for hydroxylation is 1. The van der Waals surface area contributed by atoms with E-state index in [4.69, 9.17) is 4.74 Å². The summed E-state index contributed by atoms with van der Waals surface area (Å²) in [4.78, 5) is 50.1. The molecule has 0 atom stereocenters. The predicted octanol–water partition coefficient (Wildman–Crippen LogP) is 4.17. The van der Waals surface area contributed by atoms with Gasteiger partial charge in [-0.3, -0.25) is 18.9 Å². The van der Waals surface area contributed by atoms with Gasteiger partial charge in [0.25, 0.3) is 0 Å². The molecular weight excluding hydrogens is 513 g/mol. The molecule has 1 saturated heterocycles. The smallest absolute Gasteiger partial charge is 0.324 e. The maximum Gasteiger partial charge on any atom is 0.324 e. The molecule has 0 radical (unpaired) electrons. The minimum absolute atomic E-state index is 0.0342. The Labute approximate surface area is 231 Å². The molecule has 1 aliphatic heterocycles. The number of pyridine rings is 1. The quantitative estimate of drug-likeness (QED) is 0.295. The molecule has 5 rings (SSSR count). The zero-order valence-corrected chi connectivity index (χ0v) is 22.6. The lowest BCUT2D eigenvalue weighted by molar-refractivity contribution is 0.0972. The van der Waals surface area contributed by atoms with Gasteiger partial charge in [0.2, 0.25) is 5.75 Å². The van der Waals surface area contributed by atoms with E-state index in [1.807, 2.05) is 49.3 Å². The fourth-order valence-corrected chi connectivity index (χ4v) is 4.58. The van der Waals surface area contributed by atoms with E-state index in [1.165, 1.54) is 16.5 Å². The van der Waals surface area contributed by atoms with Crippen molar-refractivity contribution < 1.29 is 18.7 Å². The number of ketones is 1. The third kappa shape index (κ3) is 5.38. The molecule has 2 aromatic carbocycles. The number of fused-ring (bicyclic) bond motifs is 1. The van der Waals surface area contributed by atoms with Crippen molar-refractivity contribution in [3.8, 4) is 5.75 Å². The lowest BCUT2D eigenvalue weighted by Crippen LogP contribution is -2.31. The number of halogens is 1. The van der Waals surface area contributed by atoms with E-state index in [2.05, 4.69) is 4.98 Å². The van der Waals surface area contributed by atoms with Crippen molar-refractivity contribution in [1.29, 1.82) is 0 Å². The molecule has 9 nitrogen and oxygen atoms in total. The number of urea groups is 1.